The Balaban J connectivity index is 1.93. The van der Waals surface area contributed by atoms with Crippen LogP contribution in [0.25, 0.3) is 0 Å². The Hall–Kier alpha value is -2.34. The molecule has 0 saturated heterocycles. The van der Waals surface area contributed by atoms with Gasteiger partial charge in [-0.2, -0.15) is 5.26 Å². The molecule has 0 bridgehead atoms. The van der Waals surface area contributed by atoms with Crippen molar-refractivity contribution in [3.8, 4) is 11.8 Å². The van der Waals surface area contributed by atoms with Crippen molar-refractivity contribution in [3.05, 3.63) is 59.4 Å². The van der Waals surface area contributed by atoms with Crippen molar-refractivity contribution < 1.29 is 4.74 Å². The lowest BCUT2D eigenvalue weighted by molar-refractivity contribution is 0.318. The molecule has 0 aliphatic rings. The third kappa shape index (κ3) is 3.08. The molecule has 0 N–H and O–H groups in total. The van der Waals surface area contributed by atoms with Crippen LogP contribution in [-0.4, -0.2) is 11.6 Å². The summed E-state index contributed by atoms with van der Waals surface area (Å²) in [4.78, 5) is 4.24. The molecule has 90 valence electrons. The van der Waals surface area contributed by atoms with Gasteiger partial charge in [0.25, 0.3) is 0 Å². The summed E-state index contributed by atoms with van der Waals surface area (Å²) in [6.07, 6.45) is 2.56. The maximum Gasteiger partial charge on any atom is 0.122 e. The minimum absolute atomic E-state index is 0.587. The van der Waals surface area contributed by atoms with Crippen LogP contribution in [0, 0.1) is 18.3 Å². The van der Waals surface area contributed by atoms with Crippen LogP contribution in [-0.2, 0) is 6.42 Å². The van der Waals surface area contributed by atoms with E-state index in [1.54, 1.807) is 12.3 Å². The van der Waals surface area contributed by atoms with Crippen molar-refractivity contribution >= 4 is 0 Å². The van der Waals surface area contributed by atoms with Crippen molar-refractivity contribution in [1.29, 1.82) is 5.26 Å². The Kier molecular flexibility index (Phi) is 3.93. The van der Waals surface area contributed by atoms with E-state index in [0.29, 0.717) is 12.2 Å². The molecule has 18 heavy (non-hydrogen) atoms. The van der Waals surface area contributed by atoms with Crippen LogP contribution in [0.2, 0.25) is 0 Å². The number of rotatable bonds is 4. The topological polar surface area (TPSA) is 45.9 Å². The summed E-state index contributed by atoms with van der Waals surface area (Å²) in [7, 11) is 0. The van der Waals surface area contributed by atoms with Gasteiger partial charge in [-0.05, 0) is 42.8 Å². The molecule has 0 unspecified atom stereocenters. The maximum absolute atomic E-state index is 8.78. The lowest BCUT2D eigenvalue weighted by atomic mass is 10.1. The minimum atomic E-state index is 0.587. The molecule has 0 saturated carbocycles. The lowest BCUT2D eigenvalue weighted by Crippen LogP contribution is -2.03. The van der Waals surface area contributed by atoms with E-state index in [-0.39, 0.29) is 0 Å². The van der Waals surface area contributed by atoms with Gasteiger partial charge in [0.2, 0.25) is 0 Å². The summed E-state index contributed by atoms with van der Waals surface area (Å²) < 4.78 is 5.69. The number of hydrogen-bond donors (Lipinski definition) is 0. The predicted molar refractivity (Wildman–Crippen MR) is 69.3 cm³/mol. The van der Waals surface area contributed by atoms with Gasteiger partial charge in [0.15, 0.2) is 0 Å². The van der Waals surface area contributed by atoms with Gasteiger partial charge in [-0.15, -0.1) is 0 Å². The number of nitrogens with zero attached hydrogens (tertiary/aromatic N) is 2. The van der Waals surface area contributed by atoms with Crippen LogP contribution in [0.1, 0.15) is 16.8 Å². The predicted octanol–water partition coefficient (Wildman–Crippen LogP) is 2.88. The Labute approximate surface area is 107 Å². The van der Waals surface area contributed by atoms with Crippen LogP contribution in [0.5, 0.6) is 5.75 Å². The molecule has 3 nitrogen and oxygen atoms in total. The highest BCUT2D eigenvalue weighted by molar-refractivity contribution is 5.41. The zero-order valence-corrected chi connectivity index (χ0v) is 10.3. The maximum atomic E-state index is 8.78. The van der Waals surface area contributed by atoms with Crippen molar-refractivity contribution in [2.45, 2.75) is 13.3 Å². The molecule has 0 radical (unpaired) electrons. The second kappa shape index (κ2) is 5.83. The molecule has 1 aromatic carbocycles. The van der Waals surface area contributed by atoms with Gasteiger partial charge in [-0.1, -0.05) is 6.07 Å². The molecular formula is C15H14N2O. The van der Waals surface area contributed by atoms with E-state index in [2.05, 4.69) is 11.1 Å². The van der Waals surface area contributed by atoms with E-state index >= 15 is 0 Å². The normalized spacial score (nSPS) is 9.78. The largest absolute Gasteiger partial charge is 0.493 e. The van der Waals surface area contributed by atoms with E-state index in [9.17, 15) is 0 Å². The Morgan fingerprint density at radius 2 is 2.17 bits per heavy atom. The highest BCUT2D eigenvalue weighted by Crippen LogP contribution is 2.18. The fourth-order valence-electron chi connectivity index (χ4n) is 1.69. The molecular weight excluding hydrogens is 224 g/mol. The van der Waals surface area contributed by atoms with Gasteiger partial charge in [0.05, 0.1) is 18.2 Å². The van der Waals surface area contributed by atoms with E-state index in [4.69, 9.17) is 10.00 Å². The summed E-state index contributed by atoms with van der Waals surface area (Å²) in [5.41, 5.74) is 2.66. The molecule has 1 aromatic heterocycles. The average Bonchev–Trinajstić information content (AvgIpc) is 2.42. The zero-order chi connectivity index (χ0) is 12.8. The van der Waals surface area contributed by atoms with E-state index in [0.717, 1.165) is 23.4 Å². The first-order valence-electron chi connectivity index (χ1n) is 5.83. The summed E-state index contributed by atoms with van der Waals surface area (Å²) >= 11 is 0. The number of aryl methyl sites for hydroxylation is 1. The summed E-state index contributed by atoms with van der Waals surface area (Å²) in [6.45, 7) is 2.53. The molecule has 0 fully saturated rings. The second-order valence-corrected chi connectivity index (χ2v) is 4.01. The third-order valence-corrected chi connectivity index (χ3v) is 2.65. The second-order valence-electron chi connectivity index (χ2n) is 4.01. The number of ether oxygens (including phenoxy) is 1. The van der Waals surface area contributed by atoms with Gasteiger partial charge in [0.1, 0.15) is 5.75 Å². The molecule has 2 aromatic rings. The van der Waals surface area contributed by atoms with E-state index in [1.807, 2.05) is 37.3 Å². The fourth-order valence-corrected chi connectivity index (χ4v) is 1.69. The van der Waals surface area contributed by atoms with Gasteiger partial charge in [0, 0.05) is 18.3 Å². The van der Waals surface area contributed by atoms with E-state index in [1.165, 1.54) is 0 Å². The minimum Gasteiger partial charge on any atom is -0.493 e. The summed E-state index contributed by atoms with van der Waals surface area (Å²) in [5, 5.41) is 8.78. The lowest BCUT2D eigenvalue weighted by Gasteiger charge is -2.08. The number of benzene rings is 1. The number of nitriles is 1. The first kappa shape index (κ1) is 12.1. The van der Waals surface area contributed by atoms with Crippen LogP contribution in [0.15, 0.2) is 42.6 Å². The smallest absolute Gasteiger partial charge is 0.122 e. The Morgan fingerprint density at radius 1 is 1.28 bits per heavy atom. The van der Waals surface area contributed by atoms with Crippen LogP contribution in [0.4, 0.5) is 0 Å². The summed E-state index contributed by atoms with van der Waals surface area (Å²) in [6, 6.07) is 13.4. The Morgan fingerprint density at radius 3 is 2.83 bits per heavy atom. The van der Waals surface area contributed by atoms with Gasteiger partial charge in [-0.25, -0.2) is 0 Å². The molecule has 1 heterocycles. The van der Waals surface area contributed by atoms with Crippen molar-refractivity contribution in [3.63, 3.8) is 0 Å². The number of hydrogen-bond acceptors (Lipinski definition) is 3. The molecule has 0 amide bonds. The quantitative estimate of drug-likeness (QED) is 0.822. The van der Waals surface area contributed by atoms with Gasteiger partial charge < -0.3 is 4.74 Å². The monoisotopic (exact) mass is 238 g/mol. The average molecular weight is 238 g/mol. The van der Waals surface area contributed by atoms with Crippen molar-refractivity contribution in [1.82, 2.24) is 4.98 Å². The Bertz CT molecular complexity index is 558. The van der Waals surface area contributed by atoms with E-state index < -0.39 is 0 Å². The molecule has 0 aliphatic carbocycles. The zero-order valence-electron chi connectivity index (χ0n) is 10.3. The molecule has 0 aliphatic heterocycles. The SMILES string of the molecule is Cc1cc(C#N)ccc1OCCc1ccccn1. The van der Waals surface area contributed by atoms with Gasteiger partial charge >= 0.3 is 0 Å². The first-order chi connectivity index (χ1) is 8.79. The van der Waals surface area contributed by atoms with Crippen molar-refractivity contribution in [2.24, 2.45) is 0 Å². The van der Waals surface area contributed by atoms with Crippen LogP contribution >= 0.6 is 0 Å². The standard InChI is InChI=1S/C15H14N2O/c1-12-10-13(11-16)5-6-15(12)18-9-7-14-4-2-3-8-17-14/h2-6,8,10H,7,9H2,1H3. The highest BCUT2D eigenvalue weighted by Gasteiger charge is 2.01. The van der Waals surface area contributed by atoms with Crippen LogP contribution < -0.4 is 4.74 Å². The van der Waals surface area contributed by atoms with Crippen LogP contribution in [0.3, 0.4) is 0 Å². The fraction of sp³-hybridized carbons (Fsp3) is 0.200. The molecule has 3 heteroatoms. The highest BCUT2D eigenvalue weighted by atomic mass is 16.5. The van der Waals surface area contributed by atoms with Crippen molar-refractivity contribution in [2.75, 3.05) is 6.61 Å². The number of pyridine rings is 1. The summed E-state index contributed by atoms with van der Waals surface area (Å²) in [5.74, 6) is 0.824. The molecule has 0 spiro atoms. The first-order valence-corrected chi connectivity index (χ1v) is 5.83. The van der Waals surface area contributed by atoms with Gasteiger partial charge in [-0.3, -0.25) is 4.98 Å². The third-order valence-electron chi connectivity index (χ3n) is 2.65. The number of aromatic nitrogens is 1. The molecule has 0 atom stereocenters. The molecule has 2 rings (SSSR count).